The normalized spacial score (nSPS) is 31.1. The first-order valence-electron chi connectivity index (χ1n) is 15.0. The Bertz CT molecular complexity index is 1240. The second kappa shape index (κ2) is 10.8. The Hall–Kier alpha value is -2.83. The predicted molar refractivity (Wildman–Crippen MR) is 156 cm³/mol. The average molecular weight is 562 g/mol. The third-order valence-corrected chi connectivity index (χ3v) is 9.98. The summed E-state index contributed by atoms with van der Waals surface area (Å²) >= 11 is 0. The van der Waals surface area contributed by atoms with Gasteiger partial charge in [-0.25, -0.2) is 4.79 Å². The molecule has 2 saturated heterocycles. The summed E-state index contributed by atoms with van der Waals surface area (Å²) in [6.07, 6.45) is 4.28. The van der Waals surface area contributed by atoms with Gasteiger partial charge in [-0.15, -0.1) is 0 Å². The van der Waals surface area contributed by atoms with Gasteiger partial charge in [0.15, 0.2) is 6.23 Å². The predicted octanol–water partition coefficient (Wildman–Crippen LogP) is 5.38. The van der Waals surface area contributed by atoms with Crippen molar-refractivity contribution in [2.24, 2.45) is 22.7 Å². The van der Waals surface area contributed by atoms with Crippen LogP contribution in [-0.2, 0) is 25.3 Å². The van der Waals surface area contributed by atoms with Crippen LogP contribution >= 0.6 is 0 Å². The van der Waals surface area contributed by atoms with Crippen LogP contribution in [0.3, 0.4) is 0 Å². The molecular weight excluding hydrogens is 517 g/mol. The van der Waals surface area contributed by atoms with Gasteiger partial charge >= 0.3 is 13.2 Å². The summed E-state index contributed by atoms with van der Waals surface area (Å²) in [7, 11) is 1.12. The molecule has 9 heteroatoms. The van der Waals surface area contributed by atoms with Crippen molar-refractivity contribution in [1.29, 1.82) is 5.26 Å². The van der Waals surface area contributed by atoms with E-state index in [1.54, 1.807) is 18.0 Å². The molecule has 0 N–H and O–H groups in total. The number of benzene rings is 1. The van der Waals surface area contributed by atoms with Crippen molar-refractivity contribution in [3.8, 4) is 6.07 Å². The standard InChI is InChI=1S/C32H44BN3O5/c1-30(2,3)19-22(20-34)28(37)36-15-11-14-27(36)39-29(38)35(7)26(16-21-12-9-8-10-13-21)33-40-25-18-23-17-24(31(23,4)5)32(25,6)41-33/h8-10,12-13,19,23-27H,11,14-18H2,1-7H3/t23-,24-,25+,26-,27+,32-/m0/s1. The molecule has 3 aliphatic carbocycles. The van der Waals surface area contributed by atoms with Crippen LogP contribution in [0, 0.1) is 34.0 Å². The van der Waals surface area contributed by atoms with Crippen LogP contribution in [0.15, 0.2) is 42.0 Å². The van der Waals surface area contributed by atoms with E-state index in [-0.39, 0.29) is 22.5 Å². The summed E-state index contributed by atoms with van der Waals surface area (Å²) < 4.78 is 19.4. The quantitative estimate of drug-likeness (QED) is 0.263. The topological polar surface area (TPSA) is 92.1 Å². The molecule has 6 atom stereocenters. The van der Waals surface area contributed by atoms with Gasteiger partial charge in [-0.1, -0.05) is 71.0 Å². The van der Waals surface area contributed by atoms with E-state index in [4.69, 9.17) is 14.0 Å². The Balaban J connectivity index is 1.34. The number of nitrogens with zero attached hydrogens (tertiary/aromatic N) is 3. The number of amides is 2. The molecule has 0 unspecified atom stereocenters. The number of hydrogen-bond donors (Lipinski definition) is 0. The summed E-state index contributed by atoms with van der Waals surface area (Å²) in [5.41, 5.74) is 0.622. The van der Waals surface area contributed by atoms with Crippen LogP contribution in [-0.4, -0.2) is 66.4 Å². The van der Waals surface area contributed by atoms with Crippen molar-refractivity contribution >= 4 is 19.1 Å². The number of ether oxygens (including phenoxy) is 1. The number of carbonyl (C=O) groups is 2. The SMILES string of the molecule is CN(C(=O)O[C@@H]1CCCN1C(=O)C(C#N)=CC(C)(C)C)[C@@H](Cc1ccccc1)B1O[C@@H]2C[C@@H]3C[C@@H](C3(C)C)[C@]2(C)O1. The van der Waals surface area contributed by atoms with E-state index >= 15 is 0 Å². The number of likely N-dealkylation sites (N-methyl/N-ethyl adjacent to an activating group) is 1. The maximum atomic E-state index is 13.7. The largest absolute Gasteiger partial charge is 0.482 e. The Labute approximate surface area is 245 Å². The zero-order valence-electron chi connectivity index (χ0n) is 25.6. The molecule has 6 rings (SSSR count). The van der Waals surface area contributed by atoms with E-state index in [0.717, 1.165) is 18.4 Å². The van der Waals surface area contributed by atoms with Gasteiger partial charge in [0.25, 0.3) is 5.91 Å². The molecule has 5 aliphatic rings. The summed E-state index contributed by atoms with van der Waals surface area (Å²) in [6, 6.07) is 12.1. The maximum absolute atomic E-state index is 13.7. The minimum atomic E-state index is -0.731. The second-order valence-electron chi connectivity index (χ2n) is 14.2. The van der Waals surface area contributed by atoms with Crippen molar-refractivity contribution in [3.05, 3.63) is 47.5 Å². The number of allylic oxidation sites excluding steroid dienone is 1. The van der Waals surface area contributed by atoms with E-state index < -0.39 is 36.9 Å². The molecule has 5 fully saturated rings. The fourth-order valence-corrected chi connectivity index (χ4v) is 7.49. The van der Waals surface area contributed by atoms with Gasteiger partial charge in [-0.2, -0.15) is 5.26 Å². The first kappa shape index (κ1) is 29.7. The van der Waals surface area contributed by atoms with Gasteiger partial charge < -0.3 is 23.8 Å². The van der Waals surface area contributed by atoms with Gasteiger partial charge in [-0.05, 0) is 60.8 Å². The van der Waals surface area contributed by atoms with Crippen LogP contribution < -0.4 is 0 Å². The molecule has 1 aromatic carbocycles. The molecule has 0 radical (unpaired) electrons. The lowest BCUT2D eigenvalue weighted by molar-refractivity contribution is -0.199. The highest BCUT2D eigenvalue weighted by Gasteiger charge is 2.68. The lowest BCUT2D eigenvalue weighted by Crippen LogP contribution is -2.65. The fourth-order valence-electron chi connectivity index (χ4n) is 7.49. The van der Waals surface area contributed by atoms with Crippen LogP contribution in [0.4, 0.5) is 4.79 Å². The minimum Gasteiger partial charge on any atom is -0.425 e. The Kier molecular flexibility index (Phi) is 7.80. The first-order chi connectivity index (χ1) is 19.2. The molecule has 41 heavy (non-hydrogen) atoms. The lowest BCUT2D eigenvalue weighted by Gasteiger charge is -2.64. The Morgan fingerprint density at radius 1 is 1.24 bits per heavy atom. The lowest BCUT2D eigenvalue weighted by atomic mass is 9.43. The van der Waals surface area contributed by atoms with Crippen LogP contribution in [0.25, 0.3) is 0 Å². The van der Waals surface area contributed by atoms with E-state index in [2.05, 4.69) is 20.8 Å². The van der Waals surface area contributed by atoms with Crippen molar-refractivity contribution in [1.82, 2.24) is 9.80 Å². The maximum Gasteiger partial charge on any atom is 0.482 e. The highest BCUT2D eigenvalue weighted by Crippen LogP contribution is 2.65. The van der Waals surface area contributed by atoms with Crippen molar-refractivity contribution in [2.75, 3.05) is 13.6 Å². The highest BCUT2D eigenvalue weighted by atomic mass is 16.7. The third kappa shape index (κ3) is 5.53. The number of nitriles is 1. The molecule has 8 nitrogen and oxygen atoms in total. The van der Waals surface area contributed by atoms with E-state index in [9.17, 15) is 14.9 Å². The average Bonchev–Trinajstić information content (AvgIpc) is 3.52. The van der Waals surface area contributed by atoms with E-state index in [1.165, 1.54) is 4.90 Å². The summed E-state index contributed by atoms with van der Waals surface area (Å²) in [4.78, 5) is 30.0. The third-order valence-electron chi connectivity index (χ3n) is 9.98. The monoisotopic (exact) mass is 561 g/mol. The molecule has 220 valence electrons. The van der Waals surface area contributed by atoms with Gasteiger partial charge in [0, 0.05) is 20.0 Å². The van der Waals surface area contributed by atoms with Crippen LogP contribution in [0.1, 0.15) is 72.8 Å². The van der Waals surface area contributed by atoms with Gasteiger partial charge in [0.2, 0.25) is 0 Å². The zero-order valence-corrected chi connectivity index (χ0v) is 25.6. The summed E-state index contributed by atoms with van der Waals surface area (Å²) in [6.45, 7) is 13.1. The molecule has 0 spiro atoms. The molecule has 1 aromatic rings. The zero-order chi connectivity index (χ0) is 29.7. The smallest absolute Gasteiger partial charge is 0.425 e. The van der Waals surface area contributed by atoms with E-state index in [0.29, 0.717) is 37.6 Å². The van der Waals surface area contributed by atoms with Crippen LogP contribution in [0.2, 0.25) is 0 Å². The molecular formula is C32H44BN3O5. The Morgan fingerprint density at radius 3 is 2.59 bits per heavy atom. The van der Waals surface area contributed by atoms with Gasteiger partial charge in [-0.3, -0.25) is 4.79 Å². The minimum absolute atomic E-state index is 0.00563. The molecule has 3 saturated carbocycles. The Morgan fingerprint density at radius 2 is 1.95 bits per heavy atom. The number of rotatable bonds is 6. The van der Waals surface area contributed by atoms with Gasteiger partial charge in [0.1, 0.15) is 11.6 Å². The van der Waals surface area contributed by atoms with Crippen molar-refractivity contribution < 1.29 is 23.6 Å². The van der Waals surface area contributed by atoms with Crippen molar-refractivity contribution in [3.63, 3.8) is 0 Å². The molecule has 0 aromatic heterocycles. The highest BCUT2D eigenvalue weighted by molar-refractivity contribution is 6.47. The first-order valence-corrected chi connectivity index (χ1v) is 15.0. The molecule has 2 aliphatic heterocycles. The van der Waals surface area contributed by atoms with E-state index in [1.807, 2.05) is 57.2 Å². The number of carbonyl (C=O) groups excluding carboxylic acids is 2. The summed E-state index contributed by atoms with van der Waals surface area (Å²) in [5.74, 6) is 0.211. The molecule has 2 amide bonds. The molecule has 2 heterocycles. The summed E-state index contributed by atoms with van der Waals surface area (Å²) in [5, 5.41) is 9.66. The van der Waals surface area contributed by atoms with Crippen molar-refractivity contribution in [2.45, 2.75) is 97.5 Å². The second-order valence-corrected chi connectivity index (χ2v) is 14.2. The van der Waals surface area contributed by atoms with Gasteiger partial charge in [0.05, 0.1) is 17.6 Å². The molecule has 2 bridgehead atoms. The van der Waals surface area contributed by atoms with Crippen LogP contribution in [0.5, 0.6) is 0 Å². The number of likely N-dealkylation sites (tertiary alicyclic amines) is 1. The number of hydrogen-bond acceptors (Lipinski definition) is 6. The fraction of sp³-hybridized carbons (Fsp3) is 0.656.